The van der Waals surface area contributed by atoms with Crippen LogP contribution in [-0.4, -0.2) is 14.1 Å². The minimum atomic E-state index is 1.10. The van der Waals surface area contributed by atoms with Crippen LogP contribution < -0.4 is 4.90 Å². The first kappa shape index (κ1) is 10.0. The van der Waals surface area contributed by atoms with Gasteiger partial charge in [0, 0.05) is 25.2 Å². The molecule has 0 aliphatic rings. The number of nitrogens with zero attached hydrogens (tertiary/aromatic N) is 1. The average molecular weight is 199 g/mol. The second-order valence-electron chi connectivity index (χ2n) is 4.08. The second-order valence-corrected chi connectivity index (χ2v) is 4.08. The van der Waals surface area contributed by atoms with Crippen LogP contribution in [0.4, 0.5) is 5.69 Å². The summed E-state index contributed by atoms with van der Waals surface area (Å²) in [5.41, 5.74) is 2.69. The molecule has 0 radical (unpaired) electrons. The van der Waals surface area contributed by atoms with Crippen LogP contribution in [0, 0.1) is 0 Å². The topological polar surface area (TPSA) is 3.24 Å². The molecule has 0 amide bonds. The Kier molecular flexibility index (Phi) is 2.63. The van der Waals surface area contributed by atoms with Gasteiger partial charge >= 0.3 is 0 Å². The lowest BCUT2D eigenvalue weighted by atomic mass is 10.0. The maximum Gasteiger partial charge on any atom is 0.0440 e. The molecule has 2 aromatic rings. The molecular weight excluding hydrogens is 182 g/mol. The van der Waals surface area contributed by atoms with Gasteiger partial charge in [0.2, 0.25) is 0 Å². The Morgan fingerprint density at radius 1 is 1.07 bits per heavy atom. The van der Waals surface area contributed by atoms with Crippen molar-refractivity contribution in [1.82, 2.24) is 0 Å². The average Bonchev–Trinajstić information content (AvgIpc) is 2.27. The highest BCUT2D eigenvalue weighted by atomic mass is 15.1. The van der Waals surface area contributed by atoms with Gasteiger partial charge in [0.15, 0.2) is 0 Å². The third-order valence-corrected chi connectivity index (χ3v) is 2.81. The fourth-order valence-corrected chi connectivity index (χ4v) is 1.93. The summed E-state index contributed by atoms with van der Waals surface area (Å²) in [7, 11) is 4.17. The van der Waals surface area contributed by atoms with Crippen LogP contribution in [0.5, 0.6) is 0 Å². The Morgan fingerprint density at radius 3 is 2.53 bits per heavy atom. The minimum absolute atomic E-state index is 1.10. The van der Waals surface area contributed by atoms with E-state index in [1.807, 2.05) is 0 Å². The van der Waals surface area contributed by atoms with Gasteiger partial charge in [-0.05, 0) is 23.4 Å². The van der Waals surface area contributed by atoms with Gasteiger partial charge in [-0.3, -0.25) is 0 Å². The van der Waals surface area contributed by atoms with E-state index in [0.717, 1.165) is 6.42 Å². The molecule has 1 heteroatoms. The van der Waals surface area contributed by atoms with E-state index in [9.17, 15) is 0 Å². The maximum absolute atomic E-state index is 2.28. The van der Waals surface area contributed by atoms with Crippen LogP contribution in [0.15, 0.2) is 36.4 Å². The van der Waals surface area contributed by atoms with E-state index in [1.54, 1.807) is 0 Å². The number of fused-ring (bicyclic) bond motifs is 1. The lowest BCUT2D eigenvalue weighted by Gasteiger charge is -2.15. The number of hydrogen-bond donors (Lipinski definition) is 0. The molecule has 0 bridgehead atoms. The predicted molar refractivity (Wildman–Crippen MR) is 67.7 cm³/mol. The van der Waals surface area contributed by atoms with Crippen LogP contribution in [-0.2, 0) is 6.42 Å². The highest BCUT2D eigenvalue weighted by Crippen LogP contribution is 2.26. The lowest BCUT2D eigenvalue weighted by molar-refractivity contribution is 1.13. The summed E-state index contributed by atoms with van der Waals surface area (Å²) in [5, 5.41) is 2.67. The van der Waals surface area contributed by atoms with Gasteiger partial charge in [0.25, 0.3) is 0 Å². The van der Waals surface area contributed by atoms with Crippen molar-refractivity contribution in [2.75, 3.05) is 19.0 Å². The highest BCUT2D eigenvalue weighted by molar-refractivity contribution is 5.94. The molecule has 15 heavy (non-hydrogen) atoms. The predicted octanol–water partition coefficient (Wildman–Crippen LogP) is 3.47. The van der Waals surface area contributed by atoms with Crippen molar-refractivity contribution in [2.45, 2.75) is 13.3 Å². The Labute approximate surface area is 91.3 Å². The van der Waals surface area contributed by atoms with E-state index in [4.69, 9.17) is 0 Å². The molecule has 78 valence electrons. The summed E-state index contributed by atoms with van der Waals surface area (Å²) < 4.78 is 0. The summed E-state index contributed by atoms with van der Waals surface area (Å²) in [6, 6.07) is 13.2. The molecule has 0 aliphatic carbocycles. The van der Waals surface area contributed by atoms with E-state index in [2.05, 4.69) is 62.3 Å². The van der Waals surface area contributed by atoms with Crippen molar-refractivity contribution < 1.29 is 0 Å². The van der Waals surface area contributed by atoms with Gasteiger partial charge in [0.1, 0.15) is 0 Å². The molecule has 0 aromatic heterocycles. The quantitative estimate of drug-likeness (QED) is 0.716. The number of aryl methyl sites for hydroxylation is 1. The van der Waals surface area contributed by atoms with Crippen LogP contribution in [0.25, 0.3) is 10.8 Å². The normalized spacial score (nSPS) is 10.6. The zero-order valence-electron chi connectivity index (χ0n) is 9.62. The third kappa shape index (κ3) is 1.82. The van der Waals surface area contributed by atoms with Crippen molar-refractivity contribution in [3.8, 4) is 0 Å². The van der Waals surface area contributed by atoms with E-state index in [-0.39, 0.29) is 0 Å². The van der Waals surface area contributed by atoms with Gasteiger partial charge in [-0.15, -0.1) is 0 Å². The molecule has 2 rings (SSSR count). The zero-order chi connectivity index (χ0) is 10.8. The minimum Gasteiger partial charge on any atom is -0.377 e. The van der Waals surface area contributed by atoms with Gasteiger partial charge in [-0.1, -0.05) is 37.3 Å². The van der Waals surface area contributed by atoms with E-state index >= 15 is 0 Å². The number of anilines is 1. The summed E-state index contributed by atoms with van der Waals surface area (Å²) in [6.45, 7) is 2.19. The molecule has 0 aliphatic heterocycles. The Morgan fingerprint density at radius 2 is 1.87 bits per heavy atom. The third-order valence-electron chi connectivity index (χ3n) is 2.81. The summed E-state index contributed by atoms with van der Waals surface area (Å²) in [5.74, 6) is 0. The first-order valence-electron chi connectivity index (χ1n) is 5.41. The van der Waals surface area contributed by atoms with Gasteiger partial charge < -0.3 is 4.90 Å². The number of hydrogen-bond acceptors (Lipinski definition) is 1. The molecular formula is C14H17N. The Bertz CT molecular complexity index is 472. The first-order chi connectivity index (χ1) is 7.22. The van der Waals surface area contributed by atoms with E-state index < -0.39 is 0 Å². The van der Waals surface area contributed by atoms with Crippen molar-refractivity contribution in [3.63, 3.8) is 0 Å². The molecule has 0 unspecified atom stereocenters. The molecule has 0 N–H and O–H groups in total. The standard InChI is InChI=1S/C14H17N/c1-4-11-8-9-13-12(10-11)6-5-7-14(13)15(2)3/h5-10H,4H2,1-3H3. The van der Waals surface area contributed by atoms with Crippen molar-refractivity contribution >= 4 is 16.5 Å². The van der Waals surface area contributed by atoms with Gasteiger partial charge in [-0.25, -0.2) is 0 Å². The monoisotopic (exact) mass is 199 g/mol. The van der Waals surface area contributed by atoms with E-state index in [1.165, 1.54) is 22.0 Å². The Balaban J connectivity index is 2.67. The highest BCUT2D eigenvalue weighted by Gasteiger charge is 2.02. The second kappa shape index (κ2) is 3.93. The fraction of sp³-hybridized carbons (Fsp3) is 0.286. The van der Waals surface area contributed by atoms with Crippen LogP contribution in [0.3, 0.4) is 0 Å². The lowest BCUT2D eigenvalue weighted by Crippen LogP contribution is -2.08. The zero-order valence-corrected chi connectivity index (χ0v) is 9.62. The SMILES string of the molecule is CCc1ccc2c(N(C)C)cccc2c1. The van der Waals surface area contributed by atoms with Crippen LogP contribution >= 0.6 is 0 Å². The molecule has 0 spiro atoms. The molecule has 0 fully saturated rings. The largest absolute Gasteiger partial charge is 0.377 e. The first-order valence-corrected chi connectivity index (χ1v) is 5.41. The van der Waals surface area contributed by atoms with Gasteiger partial charge in [-0.2, -0.15) is 0 Å². The number of benzene rings is 2. The molecule has 0 saturated carbocycles. The van der Waals surface area contributed by atoms with Crippen LogP contribution in [0.2, 0.25) is 0 Å². The van der Waals surface area contributed by atoms with E-state index in [0.29, 0.717) is 0 Å². The molecule has 0 heterocycles. The number of rotatable bonds is 2. The molecule has 2 aromatic carbocycles. The van der Waals surface area contributed by atoms with Crippen LogP contribution in [0.1, 0.15) is 12.5 Å². The van der Waals surface area contributed by atoms with Crippen molar-refractivity contribution in [2.24, 2.45) is 0 Å². The smallest absolute Gasteiger partial charge is 0.0440 e. The van der Waals surface area contributed by atoms with Gasteiger partial charge in [0.05, 0.1) is 0 Å². The summed E-state index contributed by atoms with van der Waals surface area (Å²) >= 11 is 0. The summed E-state index contributed by atoms with van der Waals surface area (Å²) in [4.78, 5) is 2.16. The van der Waals surface area contributed by atoms with Crippen molar-refractivity contribution in [3.05, 3.63) is 42.0 Å². The molecule has 1 nitrogen and oxygen atoms in total. The fourth-order valence-electron chi connectivity index (χ4n) is 1.93. The Hall–Kier alpha value is -1.50. The van der Waals surface area contributed by atoms with Crippen molar-refractivity contribution in [1.29, 1.82) is 0 Å². The summed E-state index contributed by atoms with van der Waals surface area (Å²) in [6.07, 6.45) is 1.10. The molecule has 0 atom stereocenters. The maximum atomic E-state index is 2.28. The molecule has 0 saturated heterocycles.